The van der Waals surface area contributed by atoms with Crippen molar-refractivity contribution in [3.63, 3.8) is 0 Å². The summed E-state index contributed by atoms with van der Waals surface area (Å²) in [5.74, 6) is -1.10. The zero-order valence-electron chi connectivity index (χ0n) is 19.3. The van der Waals surface area contributed by atoms with Crippen molar-refractivity contribution in [2.45, 2.75) is 30.9 Å². The summed E-state index contributed by atoms with van der Waals surface area (Å²) in [5, 5.41) is 3.09. The molecule has 13 heteroatoms. The molecule has 2 aromatic carbocycles. The van der Waals surface area contributed by atoms with Crippen LogP contribution in [0.3, 0.4) is 0 Å². The van der Waals surface area contributed by atoms with Gasteiger partial charge in [-0.1, -0.05) is 30.3 Å². The van der Waals surface area contributed by atoms with E-state index in [1.807, 2.05) is 0 Å². The zero-order chi connectivity index (χ0) is 27.0. The van der Waals surface area contributed by atoms with Crippen LogP contribution in [0.15, 0.2) is 54.7 Å². The fourth-order valence-electron chi connectivity index (χ4n) is 4.41. The second-order valence-electron chi connectivity index (χ2n) is 8.74. The molecule has 5 N–H and O–H groups in total. The number of hydrogen-bond acceptors (Lipinski definition) is 5. The van der Waals surface area contributed by atoms with Gasteiger partial charge in [0.2, 0.25) is 0 Å². The number of ether oxygens (including phenoxy) is 1. The highest BCUT2D eigenvalue weighted by Gasteiger charge is 2.48. The van der Waals surface area contributed by atoms with Gasteiger partial charge in [-0.3, -0.25) is 9.36 Å². The fraction of sp³-hybridized carbons (Fsp3) is 0.292. The second-order valence-corrected chi connectivity index (χ2v) is 8.74. The summed E-state index contributed by atoms with van der Waals surface area (Å²) >= 11 is 0. The van der Waals surface area contributed by atoms with Crippen molar-refractivity contribution in [1.29, 1.82) is 0 Å². The molecule has 37 heavy (non-hydrogen) atoms. The number of halogens is 4. The summed E-state index contributed by atoms with van der Waals surface area (Å²) in [6.45, 7) is -0.923. The fourth-order valence-corrected chi connectivity index (χ4v) is 4.41. The first-order valence-electron chi connectivity index (χ1n) is 11.1. The molecule has 1 aliphatic rings. The number of benzene rings is 2. The number of likely N-dealkylation sites (tertiary alicyclic amines) is 1. The van der Waals surface area contributed by atoms with Gasteiger partial charge in [-0.2, -0.15) is 0 Å². The van der Waals surface area contributed by atoms with Gasteiger partial charge in [0.05, 0.1) is 23.8 Å². The number of nitrogens with one attached hydrogen (secondary N) is 1. The zero-order valence-corrected chi connectivity index (χ0v) is 19.3. The Morgan fingerprint density at radius 1 is 1.14 bits per heavy atom. The largest absolute Gasteiger partial charge is 0.573 e. The lowest BCUT2D eigenvalue weighted by molar-refractivity contribution is -0.274. The number of carbonyl (C=O) groups excluding carboxylic acids is 3. The van der Waals surface area contributed by atoms with E-state index in [1.165, 1.54) is 18.3 Å². The van der Waals surface area contributed by atoms with Crippen LogP contribution < -0.4 is 21.5 Å². The van der Waals surface area contributed by atoms with Gasteiger partial charge in [0, 0.05) is 31.0 Å². The molecular weight excluding hydrogens is 498 g/mol. The van der Waals surface area contributed by atoms with Crippen molar-refractivity contribution in [3.05, 3.63) is 60.3 Å². The molecule has 2 heterocycles. The van der Waals surface area contributed by atoms with E-state index in [0.29, 0.717) is 10.9 Å². The lowest BCUT2D eigenvalue weighted by Crippen LogP contribution is -2.44. The Kier molecular flexibility index (Phi) is 6.82. The maximum Gasteiger partial charge on any atom is 0.573 e. The number of carbonyl (C=O) groups is 3. The van der Waals surface area contributed by atoms with Crippen molar-refractivity contribution in [1.82, 2.24) is 9.47 Å². The van der Waals surface area contributed by atoms with Crippen LogP contribution in [-0.4, -0.2) is 58.5 Å². The smallest absolute Gasteiger partial charge is 0.406 e. The number of anilines is 1. The van der Waals surface area contributed by atoms with Gasteiger partial charge in [0.15, 0.2) is 5.78 Å². The molecule has 196 valence electrons. The quantitative estimate of drug-likeness (QED) is 0.427. The van der Waals surface area contributed by atoms with E-state index in [0.717, 1.165) is 21.6 Å². The molecule has 3 amide bonds. The van der Waals surface area contributed by atoms with E-state index in [-0.39, 0.29) is 24.1 Å². The number of amides is 3. The van der Waals surface area contributed by atoms with Crippen LogP contribution in [0.4, 0.5) is 32.8 Å². The molecule has 0 spiro atoms. The maximum absolute atomic E-state index is 15.2. The standard InChI is InChI=1S/C24H23F4N5O4/c25-23(12-29)10-19(20(34)9-14-4-3-5-15(8-14)37-24(26,27)28)33(13-23)22(36)31-17-11-32(21(30)35)18-7-2-1-6-16(17)18/h1-8,11,19H,9-10,12-13,29H2,(H2,30,35)(H,31,36)/t19-,23-/m0/s1. The number of fused-ring (bicyclic) bond motifs is 1. The first kappa shape index (κ1) is 25.9. The maximum atomic E-state index is 15.2. The van der Waals surface area contributed by atoms with Gasteiger partial charge >= 0.3 is 18.4 Å². The van der Waals surface area contributed by atoms with Gasteiger partial charge in [-0.05, 0) is 23.8 Å². The first-order chi connectivity index (χ1) is 17.4. The summed E-state index contributed by atoms with van der Waals surface area (Å²) in [5.41, 5.74) is 9.77. The Balaban J connectivity index is 1.57. The van der Waals surface area contributed by atoms with Crippen LogP contribution in [0.25, 0.3) is 10.9 Å². The molecule has 0 aliphatic carbocycles. The minimum Gasteiger partial charge on any atom is -0.406 e. The Labute approximate surface area is 207 Å². The number of aromatic nitrogens is 1. The van der Waals surface area contributed by atoms with Crippen molar-refractivity contribution in [2.75, 3.05) is 18.4 Å². The van der Waals surface area contributed by atoms with Crippen LogP contribution in [0.2, 0.25) is 0 Å². The summed E-state index contributed by atoms with van der Waals surface area (Å²) in [6, 6.07) is 8.64. The summed E-state index contributed by atoms with van der Waals surface area (Å²) in [4.78, 5) is 39.1. The number of para-hydroxylation sites is 1. The van der Waals surface area contributed by atoms with E-state index in [9.17, 15) is 27.6 Å². The van der Waals surface area contributed by atoms with E-state index in [1.54, 1.807) is 24.3 Å². The molecule has 2 atom stereocenters. The SMILES string of the molecule is NC[C@@]1(F)C[C@@H](C(=O)Cc2cccc(OC(F)(F)F)c2)N(C(=O)Nc2cn(C(N)=O)c3ccccc23)C1. The Hall–Kier alpha value is -4.13. The predicted octanol–water partition coefficient (Wildman–Crippen LogP) is 3.55. The highest BCUT2D eigenvalue weighted by atomic mass is 19.4. The highest BCUT2D eigenvalue weighted by Crippen LogP contribution is 2.33. The number of alkyl halides is 4. The molecular formula is C24H23F4N5O4. The van der Waals surface area contributed by atoms with Crippen molar-refractivity contribution < 1.29 is 36.7 Å². The van der Waals surface area contributed by atoms with Crippen LogP contribution in [-0.2, 0) is 11.2 Å². The lowest BCUT2D eigenvalue weighted by atomic mass is 9.97. The van der Waals surface area contributed by atoms with Gasteiger partial charge in [-0.25, -0.2) is 14.0 Å². The molecule has 1 fully saturated rings. The number of nitrogens with two attached hydrogens (primary N) is 2. The average Bonchev–Trinajstić information content (AvgIpc) is 3.37. The molecule has 9 nitrogen and oxygen atoms in total. The number of ketones is 1. The predicted molar refractivity (Wildman–Crippen MR) is 126 cm³/mol. The second kappa shape index (κ2) is 9.73. The number of rotatable bonds is 6. The molecule has 0 saturated carbocycles. The minimum atomic E-state index is -4.91. The minimum absolute atomic E-state index is 0.195. The summed E-state index contributed by atoms with van der Waals surface area (Å²) < 4.78 is 57.9. The molecule has 0 unspecified atom stereocenters. The van der Waals surface area contributed by atoms with E-state index in [4.69, 9.17) is 11.5 Å². The van der Waals surface area contributed by atoms with Crippen LogP contribution >= 0.6 is 0 Å². The third kappa shape index (κ3) is 5.66. The normalized spacial score (nSPS) is 19.7. The molecule has 1 saturated heterocycles. The van der Waals surface area contributed by atoms with Crippen molar-refractivity contribution in [2.24, 2.45) is 11.5 Å². The molecule has 0 bridgehead atoms. The van der Waals surface area contributed by atoms with E-state index < -0.39 is 54.8 Å². The molecule has 0 radical (unpaired) electrons. The molecule has 1 aliphatic heterocycles. The van der Waals surface area contributed by atoms with Crippen LogP contribution in [0.1, 0.15) is 12.0 Å². The average molecular weight is 521 g/mol. The van der Waals surface area contributed by atoms with Gasteiger partial charge < -0.3 is 26.4 Å². The Morgan fingerprint density at radius 3 is 2.54 bits per heavy atom. The lowest BCUT2D eigenvalue weighted by Gasteiger charge is -2.24. The molecule has 4 rings (SSSR count). The van der Waals surface area contributed by atoms with Crippen molar-refractivity contribution >= 4 is 34.4 Å². The number of primary amides is 1. The van der Waals surface area contributed by atoms with Crippen LogP contribution in [0.5, 0.6) is 5.75 Å². The Bertz CT molecular complexity index is 1360. The third-order valence-corrected chi connectivity index (χ3v) is 6.09. The highest BCUT2D eigenvalue weighted by molar-refractivity contribution is 6.05. The number of Topliss-reactive ketones (excluding diaryl/α,β-unsaturated/α-hetero) is 1. The monoisotopic (exact) mass is 521 g/mol. The first-order valence-corrected chi connectivity index (χ1v) is 11.1. The molecule has 3 aromatic rings. The van der Waals surface area contributed by atoms with Crippen LogP contribution in [0, 0.1) is 0 Å². The Morgan fingerprint density at radius 2 is 1.86 bits per heavy atom. The topological polar surface area (TPSA) is 133 Å². The summed E-state index contributed by atoms with van der Waals surface area (Å²) in [7, 11) is 0. The number of hydrogen-bond donors (Lipinski definition) is 3. The number of urea groups is 1. The summed E-state index contributed by atoms with van der Waals surface area (Å²) in [6.07, 6.45) is -4.34. The van der Waals surface area contributed by atoms with Gasteiger partial charge in [0.1, 0.15) is 11.4 Å². The third-order valence-electron chi connectivity index (χ3n) is 6.09. The van der Waals surface area contributed by atoms with Gasteiger partial charge in [-0.15, -0.1) is 13.2 Å². The van der Waals surface area contributed by atoms with Crippen molar-refractivity contribution in [3.8, 4) is 5.75 Å². The van der Waals surface area contributed by atoms with E-state index in [2.05, 4.69) is 10.1 Å². The van der Waals surface area contributed by atoms with E-state index >= 15 is 4.39 Å². The number of nitrogens with zero attached hydrogens (tertiary/aromatic N) is 2. The van der Waals surface area contributed by atoms with Gasteiger partial charge in [0.25, 0.3) is 0 Å². The molecule has 1 aromatic heterocycles.